The number of nitrogens with one attached hydrogen (secondary N) is 1. The molecule has 0 heterocycles. The van der Waals surface area contributed by atoms with Gasteiger partial charge in [-0.25, -0.2) is 8.78 Å². The number of halogens is 2. The summed E-state index contributed by atoms with van der Waals surface area (Å²) in [5, 5.41) is 3.36. The lowest BCUT2D eigenvalue weighted by atomic mass is 9.84. The molecule has 2 atom stereocenters. The highest BCUT2D eigenvalue weighted by Gasteiger charge is 2.20. The molecule has 3 heteroatoms. The van der Waals surface area contributed by atoms with Crippen molar-refractivity contribution in [1.29, 1.82) is 0 Å². The summed E-state index contributed by atoms with van der Waals surface area (Å²) in [6.07, 6.45) is 6.07. The van der Waals surface area contributed by atoms with Crippen molar-refractivity contribution < 1.29 is 8.78 Å². The van der Waals surface area contributed by atoms with Crippen LogP contribution in [0.15, 0.2) is 18.2 Å². The molecule has 0 radical (unpaired) electrons. The lowest BCUT2D eigenvalue weighted by Gasteiger charge is -2.29. The Hall–Kier alpha value is -0.960. The standard InChI is InChI=1S/C15H21F2N/c1-2-11-4-3-5-14(8-11)18-10-12-9-13(16)6-7-15(12)17/h6-7,9,11,14,18H,2-5,8,10H2,1H3. The molecule has 0 aromatic heterocycles. The minimum atomic E-state index is -0.372. The first-order valence-corrected chi connectivity index (χ1v) is 6.86. The third-order valence-electron chi connectivity index (χ3n) is 3.95. The molecular formula is C15H21F2N. The van der Waals surface area contributed by atoms with Crippen molar-refractivity contribution in [3.8, 4) is 0 Å². The second-order valence-electron chi connectivity index (χ2n) is 5.25. The third kappa shape index (κ3) is 3.52. The van der Waals surface area contributed by atoms with E-state index in [1.54, 1.807) is 0 Å². The van der Waals surface area contributed by atoms with Crippen molar-refractivity contribution in [2.75, 3.05) is 0 Å². The summed E-state index contributed by atoms with van der Waals surface area (Å²) in [5.74, 6) is 0.0867. The van der Waals surface area contributed by atoms with E-state index in [2.05, 4.69) is 12.2 Å². The summed E-state index contributed by atoms with van der Waals surface area (Å²) in [6.45, 7) is 2.64. The maximum absolute atomic E-state index is 13.5. The summed E-state index contributed by atoms with van der Waals surface area (Å²) in [6, 6.07) is 4.09. The fourth-order valence-corrected chi connectivity index (χ4v) is 2.78. The molecule has 2 rings (SSSR count). The van der Waals surface area contributed by atoms with Gasteiger partial charge < -0.3 is 5.32 Å². The third-order valence-corrected chi connectivity index (χ3v) is 3.95. The second-order valence-corrected chi connectivity index (χ2v) is 5.25. The van der Waals surface area contributed by atoms with Crippen LogP contribution in [0.1, 0.15) is 44.6 Å². The molecular weight excluding hydrogens is 232 g/mol. The van der Waals surface area contributed by atoms with Gasteiger partial charge in [-0.1, -0.05) is 26.2 Å². The predicted octanol–water partition coefficient (Wildman–Crippen LogP) is 4.02. The van der Waals surface area contributed by atoms with Gasteiger partial charge in [0.25, 0.3) is 0 Å². The highest BCUT2D eigenvalue weighted by molar-refractivity contribution is 5.18. The molecule has 0 aliphatic heterocycles. The minimum absolute atomic E-state index is 0.327. The molecule has 100 valence electrons. The Morgan fingerprint density at radius 3 is 2.89 bits per heavy atom. The van der Waals surface area contributed by atoms with Gasteiger partial charge in [-0.3, -0.25) is 0 Å². The molecule has 1 fully saturated rings. The topological polar surface area (TPSA) is 12.0 Å². The van der Waals surface area contributed by atoms with Crippen LogP contribution in [0.4, 0.5) is 8.78 Å². The van der Waals surface area contributed by atoms with Crippen LogP contribution in [-0.2, 0) is 6.54 Å². The van der Waals surface area contributed by atoms with Crippen molar-refractivity contribution in [2.45, 2.75) is 51.6 Å². The van der Waals surface area contributed by atoms with E-state index in [4.69, 9.17) is 0 Å². The molecule has 2 unspecified atom stereocenters. The Morgan fingerprint density at radius 2 is 2.11 bits per heavy atom. The van der Waals surface area contributed by atoms with Crippen LogP contribution in [0, 0.1) is 17.6 Å². The Kier molecular flexibility index (Phi) is 4.70. The van der Waals surface area contributed by atoms with Gasteiger partial charge >= 0.3 is 0 Å². The van der Waals surface area contributed by atoms with Gasteiger partial charge in [0.15, 0.2) is 0 Å². The number of benzene rings is 1. The molecule has 18 heavy (non-hydrogen) atoms. The molecule has 1 N–H and O–H groups in total. The van der Waals surface area contributed by atoms with E-state index in [1.165, 1.54) is 31.4 Å². The van der Waals surface area contributed by atoms with Crippen LogP contribution < -0.4 is 5.32 Å². The average molecular weight is 253 g/mol. The molecule has 1 saturated carbocycles. The lowest BCUT2D eigenvalue weighted by Crippen LogP contribution is -2.33. The van der Waals surface area contributed by atoms with Crippen LogP contribution in [0.3, 0.4) is 0 Å². The Morgan fingerprint density at radius 1 is 1.28 bits per heavy atom. The van der Waals surface area contributed by atoms with Gasteiger partial charge in [-0.2, -0.15) is 0 Å². The quantitative estimate of drug-likeness (QED) is 0.854. The zero-order valence-electron chi connectivity index (χ0n) is 10.9. The summed E-state index contributed by atoms with van der Waals surface area (Å²) < 4.78 is 26.5. The summed E-state index contributed by atoms with van der Waals surface area (Å²) in [4.78, 5) is 0. The van der Waals surface area contributed by atoms with Crippen LogP contribution in [0.25, 0.3) is 0 Å². The largest absolute Gasteiger partial charge is 0.310 e. The van der Waals surface area contributed by atoms with E-state index in [1.807, 2.05) is 0 Å². The van der Waals surface area contributed by atoms with Gasteiger partial charge in [0, 0.05) is 18.2 Å². The molecule has 0 spiro atoms. The molecule has 0 amide bonds. The SMILES string of the molecule is CCC1CCCC(NCc2cc(F)ccc2F)C1. The smallest absolute Gasteiger partial charge is 0.127 e. The normalized spacial score (nSPS) is 24.2. The highest BCUT2D eigenvalue weighted by atomic mass is 19.1. The summed E-state index contributed by atoms with van der Waals surface area (Å²) in [5.41, 5.74) is 0.425. The zero-order valence-corrected chi connectivity index (χ0v) is 10.9. The fourth-order valence-electron chi connectivity index (χ4n) is 2.78. The molecule has 1 aliphatic rings. The summed E-state index contributed by atoms with van der Waals surface area (Å²) >= 11 is 0. The van der Waals surface area contributed by atoms with E-state index in [0.29, 0.717) is 18.2 Å². The number of hydrogen-bond donors (Lipinski definition) is 1. The van der Waals surface area contributed by atoms with Crippen LogP contribution in [0.2, 0.25) is 0 Å². The molecule has 1 aromatic rings. The first-order valence-electron chi connectivity index (χ1n) is 6.86. The summed E-state index contributed by atoms with van der Waals surface area (Å²) in [7, 11) is 0. The van der Waals surface area contributed by atoms with Crippen LogP contribution in [0.5, 0.6) is 0 Å². The van der Waals surface area contributed by atoms with E-state index in [0.717, 1.165) is 24.8 Å². The lowest BCUT2D eigenvalue weighted by molar-refractivity contribution is 0.277. The molecule has 0 bridgehead atoms. The van der Waals surface area contributed by atoms with Crippen molar-refractivity contribution >= 4 is 0 Å². The Bertz CT molecular complexity index is 392. The molecule has 1 aliphatic carbocycles. The maximum Gasteiger partial charge on any atom is 0.127 e. The van der Waals surface area contributed by atoms with Crippen molar-refractivity contribution in [1.82, 2.24) is 5.32 Å². The highest BCUT2D eigenvalue weighted by Crippen LogP contribution is 2.26. The van der Waals surface area contributed by atoms with Gasteiger partial charge in [0.05, 0.1) is 0 Å². The van der Waals surface area contributed by atoms with Gasteiger partial charge in [0.1, 0.15) is 11.6 Å². The van der Waals surface area contributed by atoms with Gasteiger partial charge in [0.2, 0.25) is 0 Å². The molecule has 1 nitrogen and oxygen atoms in total. The van der Waals surface area contributed by atoms with E-state index >= 15 is 0 Å². The first-order chi connectivity index (χ1) is 8.69. The minimum Gasteiger partial charge on any atom is -0.310 e. The van der Waals surface area contributed by atoms with E-state index in [-0.39, 0.29) is 11.6 Å². The first kappa shape index (κ1) is 13.5. The fraction of sp³-hybridized carbons (Fsp3) is 0.600. The van der Waals surface area contributed by atoms with Crippen molar-refractivity contribution in [3.05, 3.63) is 35.4 Å². The van der Waals surface area contributed by atoms with Crippen molar-refractivity contribution in [2.24, 2.45) is 5.92 Å². The number of rotatable bonds is 4. The van der Waals surface area contributed by atoms with E-state index in [9.17, 15) is 8.78 Å². The van der Waals surface area contributed by atoms with E-state index < -0.39 is 0 Å². The molecule has 0 saturated heterocycles. The second kappa shape index (κ2) is 6.28. The Balaban J connectivity index is 1.89. The average Bonchev–Trinajstić information content (AvgIpc) is 2.40. The van der Waals surface area contributed by atoms with Gasteiger partial charge in [-0.15, -0.1) is 0 Å². The number of hydrogen-bond acceptors (Lipinski definition) is 1. The predicted molar refractivity (Wildman–Crippen MR) is 69.2 cm³/mol. The Labute approximate surface area is 108 Å². The van der Waals surface area contributed by atoms with Crippen molar-refractivity contribution in [3.63, 3.8) is 0 Å². The monoisotopic (exact) mass is 253 g/mol. The maximum atomic E-state index is 13.5. The van der Waals surface area contributed by atoms with Crippen LogP contribution >= 0.6 is 0 Å². The van der Waals surface area contributed by atoms with Crippen LogP contribution in [-0.4, -0.2) is 6.04 Å². The van der Waals surface area contributed by atoms with Gasteiger partial charge in [-0.05, 0) is 37.0 Å². The molecule has 1 aromatic carbocycles. The zero-order chi connectivity index (χ0) is 13.0.